The second kappa shape index (κ2) is 73.4. The van der Waals surface area contributed by atoms with Crippen molar-refractivity contribution in [3.05, 3.63) is 134 Å². The summed E-state index contributed by atoms with van der Waals surface area (Å²) in [5, 5.41) is 0. The van der Waals surface area contributed by atoms with Crippen LogP contribution in [-0.2, 0) is 32.7 Å². The van der Waals surface area contributed by atoms with E-state index in [1.54, 1.807) is 0 Å². The first kappa shape index (κ1) is 90.2. The van der Waals surface area contributed by atoms with E-state index < -0.39 is 26.5 Å². The molecule has 0 saturated heterocycles. The van der Waals surface area contributed by atoms with E-state index in [4.69, 9.17) is 18.5 Å². The van der Waals surface area contributed by atoms with E-state index in [-0.39, 0.29) is 32.0 Å². The molecule has 0 aromatic carbocycles. The third kappa shape index (κ3) is 77.2. The van der Waals surface area contributed by atoms with Crippen LogP contribution < -0.4 is 0 Å². The second-order valence-corrected chi connectivity index (χ2v) is 28.4. The SMILES string of the molecule is CC/C=C\C/C=C\C/C=C\C/C=C\C/C=C\C/C=C\CCCCCCCCCCCCCCC(=O)OC(COC(=O)CCCCCCCCCCCCCCCCCCCCCCCCC/C=C\C/C=C\C/C=C\C/C=C\C/C=C\CC)COP(=O)(O)OCC[N+](C)(C)C. The van der Waals surface area contributed by atoms with Gasteiger partial charge in [0.05, 0.1) is 27.7 Å². The molecule has 94 heavy (non-hydrogen) atoms. The number of allylic oxidation sites excluding steroid dienone is 22. The van der Waals surface area contributed by atoms with Crippen molar-refractivity contribution in [1.29, 1.82) is 0 Å². The zero-order chi connectivity index (χ0) is 68.3. The van der Waals surface area contributed by atoms with E-state index in [2.05, 4.69) is 148 Å². The maximum absolute atomic E-state index is 12.9. The summed E-state index contributed by atoms with van der Waals surface area (Å²) in [5.41, 5.74) is 0. The minimum absolute atomic E-state index is 0.0281. The standard InChI is InChI=1S/C84H146NO8P/c1-6-8-10-12-14-16-18-20-22-24-26-28-30-32-34-36-38-39-40-41-42-43-44-45-47-48-50-52-54-56-58-60-62-64-66-68-70-72-74-76-83(86)90-80-82(81-92-94(88,89)91-79-78-85(3,4)5)93-84(87)77-75-73-71-69-67-65-63-61-59-57-55-53-51-49-46-37-35-33-31-29-27-25-23-21-19-17-15-13-11-9-7-2/h8-11,14-17,20-23,26-29,32-35,46,49,82H,6-7,12-13,18-19,24-25,30-31,36-45,47-48,50-81H2,1-5H3/p+1/b10-8-,11-9-,16-14-,17-15-,22-20-,23-21-,28-26-,29-27-,34-32-,35-33-,49-46-. The van der Waals surface area contributed by atoms with Gasteiger partial charge in [0.2, 0.25) is 0 Å². The number of hydrogen-bond donors (Lipinski definition) is 1. The van der Waals surface area contributed by atoms with Gasteiger partial charge in [0, 0.05) is 12.8 Å². The average molecular weight is 1330 g/mol. The Labute approximate surface area is 581 Å². The highest BCUT2D eigenvalue weighted by Crippen LogP contribution is 2.43. The molecule has 0 fully saturated rings. The van der Waals surface area contributed by atoms with Gasteiger partial charge < -0.3 is 18.9 Å². The number of rotatable bonds is 71. The van der Waals surface area contributed by atoms with E-state index in [1.165, 1.54) is 193 Å². The fraction of sp³-hybridized carbons (Fsp3) is 0.714. The van der Waals surface area contributed by atoms with Crippen LogP contribution in [0.1, 0.15) is 335 Å². The van der Waals surface area contributed by atoms with Crippen LogP contribution in [0.15, 0.2) is 134 Å². The van der Waals surface area contributed by atoms with Crippen LogP contribution in [0.5, 0.6) is 0 Å². The van der Waals surface area contributed by atoms with Gasteiger partial charge in [0.15, 0.2) is 6.10 Å². The van der Waals surface area contributed by atoms with Gasteiger partial charge in [-0.25, -0.2) is 4.57 Å². The lowest BCUT2D eigenvalue weighted by molar-refractivity contribution is -0.870. The van der Waals surface area contributed by atoms with Crippen LogP contribution in [0.25, 0.3) is 0 Å². The van der Waals surface area contributed by atoms with Crippen molar-refractivity contribution in [2.24, 2.45) is 0 Å². The number of quaternary nitrogens is 1. The van der Waals surface area contributed by atoms with Crippen LogP contribution in [0.2, 0.25) is 0 Å². The van der Waals surface area contributed by atoms with Gasteiger partial charge in [-0.05, 0) is 109 Å². The van der Waals surface area contributed by atoms with Gasteiger partial charge >= 0.3 is 19.8 Å². The summed E-state index contributed by atoms with van der Waals surface area (Å²) in [6.07, 6.45) is 107. The summed E-state index contributed by atoms with van der Waals surface area (Å²) < 4.78 is 34.8. The van der Waals surface area contributed by atoms with Gasteiger partial charge in [-0.2, -0.15) is 0 Å². The Hall–Kier alpha value is -3.85. The number of carbonyl (C=O) groups is 2. The molecule has 9 nitrogen and oxygen atoms in total. The number of ether oxygens (including phenoxy) is 2. The first-order chi connectivity index (χ1) is 46.0. The predicted octanol–water partition coefficient (Wildman–Crippen LogP) is 25.9. The Kier molecular flexibility index (Phi) is 70.4. The summed E-state index contributed by atoms with van der Waals surface area (Å²) >= 11 is 0. The molecule has 1 N–H and O–H groups in total. The Morgan fingerprint density at radius 1 is 0.330 bits per heavy atom. The summed E-state index contributed by atoms with van der Waals surface area (Å²) in [6.45, 7) is 4.23. The summed E-state index contributed by atoms with van der Waals surface area (Å²) in [4.78, 5) is 36.0. The van der Waals surface area contributed by atoms with E-state index in [0.29, 0.717) is 17.4 Å². The molecule has 10 heteroatoms. The second-order valence-electron chi connectivity index (χ2n) is 27.0. The maximum atomic E-state index is 12.9. The number of likely N-dealkylation sites (N-methyl/N-ethyl adjacent to an activating group) is 1. The van der Waals surface area contributed by atoms with Gasteiger partial charge in [0.1, 0.15) is 19.8 Å². The molecule has 0 aromatic rings. The molecule has 0 aliphatic carbocycles. The number of phosphoric ester groups is 1. The minimum Gasteiger partial charge on any atom is -0.462 e. The molecule has 0 aliphatic heterocycles. The van der Waals surface area contributed by atoms with Crippen LogP contribution >= 0.6 is 7.82 Å². The van der Waals surface area contributed by atoms with E-state index in [9.17, 15) is 19.0 Å². The van der Waals surface area contributed by atoms with Crippen molar-refractivity contribution < 1.29 is 42.1 Å². The van der Waals surface area contributed by atoms with Gasteiger partial charge in [-0.3, -0.25) is 18.6 Å². The molecule has 0 rings (SSSR count). The quantitative estimate of drug-likeness (QED) is 0.0211. The molecule has 540 valence electrons. The highest BCUT2D eigenvalue weighted by atomic mass is 31.2. The molecule has 2 unspecified atom stereocenters. The van der Waals surface area contributed by atoms with Crippen molar-refractivity contribution in [2.45, 2.75) is 341 Å². The highest BCUT2D eigenvalue weighted by Gasteiger charge is 2.27. The predicted molar refractivity (Wildman–Crippen MR) is 408 cm³/mol. The van der Waals surface area contributed by atoms with E-state index in [1.807, 2.05) is 21.1 Å². The van der Waals surface area contributed by atoms with Crippen LogP contribution in [-0.4, -0.2) is 74.9 Å². The number of carbonyl (C=O) groups excluding carboxylic acids is 2. The van der Waals surface area contributed by atoms with Gasteiger partial charge in [-0.15, -0.1) is 0 Å². The van der Waals surface area contributed by atoms with Crippen LogP contribution in [0.4, 0.5) is 0 Å². The van der Waals surface area contributed by atoms with E-state index in [0.717, 1.165) is 109 Å². The highest BCUT2D eigenvalue weighted by molar-refractivity contribution is 7.47. The monoisotopic (exact) mass is 1330 g/mol. The minimum atomic E-state index is -4.40. The molecule has 0 spiro atoms. The molecule has 0 aromatic heterocycles. The zero-order valence-corrected chi connectivity index (χ0v) is 62.6. The molecule has 0 amide bonds. The van der Waals surface area contributed by atoms with Crippen LogP contribution in [0, 0.1) is 0 Å². The first-order valence-electron chi connectivity index (χ1n) is 38.9. The number of hydrogen-bond acceptors (Lipinski definition) is 7. The lowest BCUT2D eigenvalue weighted by Crippen LogP contribution is -2.37. The van der Waals surface area contributed by atoms with Gasteiger partial charge in [0.25, 0.3) is 0 Å². The Morgan fingerprint density at radius 3 is 0.851 bits per heavy atom. The third-order valence-corrected chi connectivity index (χ3v) is 17.7. The molecule has 0 heterocycles. The number of unbranched alkanes of at least 4 members (excludes halogenated alkanes) is 35. The smallest absolute Gasteiger partial charge is 0.462 e. The van der Waals surface area contributed by atoms with Gasteiger partial charge in [-0.1, -0.05) is 347 Å². The topological polar surface area (TPSA) is 108 Å². The summed E-state index contributed by atoms with van der Waals surface area (Å²) in [7, 11) is 1.48. The lowest BCUT2D eigenvalue weighted by Gasteiger charge is -2.24. The number of phosphoric acid groups is 1. The fourth-order valence-electron chi connectivity index (χ4n) is 10.8. The largest absolute Gasteiger partial charge is 0.472 e. The Morgan fingerprint density at radius 2 is 0.574 bits per heavy atom. The Bertz CT molecular complexity index is 2050. The third-order valence-electron chi connectivity index (χ3n) is 16.7. The van der Waals surface area contributed by atoms with Crippen molar-refractivity contribution in [3.63, 3.8) is 0 Å². The molecule has 0 radical (unpaired) electrons. The first-order valence-corrected chi connectivity index (χ1v) is 40.4. The fourth-order valence-corrected chi connectivity index (χ4v) is 11.6. The number of nitrogens with zero attached hydrogens (tertiary/aromatic N) is 1. The maximum Gasteiger partial charge on any atom is 0.472 e. The van der Waals surface area contributed by atoms with Crippen LogP contribution in [0.3, 0.4) is 0 Å². The van der Waals surface area contributed by atoms with Crippen molar-refractivity contribution >= 4 is 19.8 Å². The average Bonchev–Trinajstić information content (AvgIpc) is 1.66. The molecular formula is C84H147NO8P+. The molecule has 0 saturated carbocycles. The lowest BCUT2D eigenvalue weighted by atomic mass is 10.0. The molecule has 2 atom stereocenters. The molecular weight excluding hydrogens is 1180 g/mol. The summed E-state index contributed by atoms with van der Waals surface area (Å²) in [6, 6.07) is 0. The molecule has 0 bridgehead atoms. The normalized spacial score (nSPS) is 13.8. The van der Waals surface area contributed by atoms with E-state index >= 15 is 0 Å². The van der Waals surface area contributed by atoms with Crippen molar-refractivity contribution in [2.75, 3.05) is 47.5 Å². The molecule has 0 aliphatic rings. The zero-order valence-electron chi connectivity index (χ0n) is 61.7. The summed E-state index contributed by atoms with van der Waals surface area (Å²) in [5.74, 6) is -0.791. The number of esters is 2. The van der Waals surface area contributed by atoms with Crippen molar-refractivity contribution in [3.8, 4) is 0 Å². The Balaban J connectivity index is 3.97. The van der Waals surface area contributed by atoms with Crippen molar-refractivity contribution in [1.82, 2.24) is 0 Å².